The summed E-state index contributed by atoms with van der Waals surface area (Å²) >= 11 is 0. The van der Waals surface area contributed by atoms with Gasteiger partial charge in [0.15, 0.2) is 0 Å². The second kappa shape index (κ2) is 34.7. The van der Waals surface area contributed by atoms with Crippen molar-refractivity contribution in [2.45, 2.75) is 26.2 Å². The molecule has 2 aliphatic rings. The first kappa shape index (κ1) is 63.7. The first-order chi connectivity index (χ1) is 37.5. The Morgan fingerprint density at radius 2 is 0.392 bits per heavy atom. The summed E-state index contributed by atoms with van der Waals surface area (Å²) in [4.78, 5) is 11.0. The van der Waals surface area contributed by atoms with Crippen molar-refractivity contribution >= 4 is 52.9 Å². The van der Waals surface area contributed by atoms with Crippen molar-refractivity contribution in [2.75, 3.05) is 50.3 Å². The third-order valence-electron chi connectivity index (χ3n) is 13.3. The summed E-state index contributed by atoms with van der Waals surface area (Å²) in [6, 6.07) is 93.2. The minimum atomic E-state index is -0.411. The minimum Gasteiger partial charge on any atom is -1.00 e. The molecule has 0 unspecified atom stereocenters. The van der Waals surface area contributed by atoms with E-state index in [4.69, 9.17) is 0 Å². The van der Waals surface area contributed by atoms with E-state index < -0.39 is 11.6 Å². The summed E-state index contributed by atoms with van der Waals surface area (Å²) in [5, 5.41) is 6.05. The molecule has 0 saturated carbocycles. The maximum atomic E-state index is 11.9. The van der Waals surface area contributed by atoms with Gasteiger partial charge in [0.05, 0.1) is 0 Å². The predicted octanol–water partition coefficient (Wildman–Crippen LogP) is 8.87. The Morgan fingerprint density at radius 3 is 0.557 bits per heavy atom. The number of nitrogens with zero attached hydrogens (tertiary/aromatic N) is 4. The molecule has 0 bridgehead atoms. The smallest absolute Gasteiger partial charge is 1.00 e. The third-order valence-corrected chi connectivity index (χ3v) is 23.3. The molecule has 2 aliphatic heterocycles. The summed E-state index contributed by atoms with van der Waals surface area (Å²) in [7, 11) is -1.23. The van der Waals surface area contributed by atoms with Crippen LogP contribution in [0.2, 0.25) is 0 Å². The number of hydrogen-bond acceptors (Lipinski definition) is 4. The van der Waals surface area contributed by atoms with Crippen molar-refractivity contribution in [3.05, 3.63) is 301 Å². The largest absolute Gasteiger partial charge is 2.00 e. The van der Waals surface area contributed by atoms with Crippen LogP contribution in [0.25, 0.3) is 0 Å². The SMILES string of the molecule is Fc1ccc(F)cc1.[Cl-].[Cl-].[Fe+2].c1ccc(CN2CP(c3ccccc3)CN(Cc3ccccc3)CP(c3ccccc3)C2)cc1.c1ccc(CN2CP(c3ccccc3)CN(Cc3ccccc3)CP(c3ccccc3)C2)cc1. The van der Waals surface area contributed by atoms with Gasteiger partial charge in [0, 0.05) is 76.5 Å². The van der Waals surface area contributed by atoms with Gasteiger partial charge in [-0.2, -0.15) is 0 Å². The van der Waals surface area contributed by atoms with E-state index in [9.17, 15) is 8.78 Å². The zero-order valence-corrected chi connectivity index (χ0v) is 50.5. The fourth-order valence-corrected chi connectivity index (χ4v) is 19.8. The van der Waals surface area contributed by atoms with Crippen LogP contribution in [-0.2, 0) is 43.2 Å². The first-order valence-electron chi connectivity index (χ1n) is 26.1. The number of benzene rings is 9. The van der Waals surface area contributed by atoms with E-state index in [0.29, 0.717) is 0 Å². The van der Waals surface area contributed by atoms with E-state index >= 15 is 0 Å². The molecule has 0 amide bonds. The fraction of sp³-hybridized carbons (Fsp3) is 0.182. The standard InChI is InChI=1S/2C30H32N2P2.C6H4F2.2ClH.Fe/c2*1-5-13-27(14-6-1)21-31-23-33(29-17-9-3-10-18-29)25-32(22-28-15-7-2-8-16-28)26-34(24-31)30-19-11-4-12-20-30;7-5-1-2-6(8)4-3-5;;;/h2*1-20H,21-26H2;1-4H;2*1H;/q;;;;;+2/p-2. The molecular weight excluding hydrogens is 1140 g/mol. The molecule has 0 aromatic heterocycles. The third kappa shape index (κ3) is 21.1. The molecule has 2 fully saturated rings. The fourth-order valence-electron chi connectivity index (χ4n) is 9.69. The topological polar surface area (TPSA) is 13.0 Å². The van der Waals surface area contributed by atoms with Crippen LogP contribution in [0, 0.1) is 11.6 Å². The molecule has 13 heteroatoms. The molecule has 2 saturated heterocycles. The van der Waals surface area contributed by atoms with E-state index in [1.807, 2.05) is 0 Å². The molecule has 4 nitrogen and oxygen atoms in total. The zero-order valence-electron chi connectivity index (χ0n) is 44.3. The maximum Gasteiger partial charge on any atom is 2.00 e. The van der Waals surface area contributed by atoms with Crippen molar-refractivity contribution in [2.24, 2.45) is 0 Å². The van der Waals surface area contributed by atoms with Crippen molar-refractivity contribution in [1.29, 1.82) is 0 Å². The van der Waals surface area contributed by atoms with Crippen LogP contribution in [0.5, 0.6) is 0 Å². The van der Waals surface area contributed by atoms with Gasteiger partial charge in [-0.15, -0.1) is 0 Å². The van der Waals surface area contributed by atoms with Crippen LogP contribution in [0.4, 0.5) is 8.78 Å². The molecule has 0 N–H and O–H groups in total. The Morgan fingerprint density at radius 1 is 0.241 bits per heavy atom. The van der Waals surface area contributed by atoms with Gasteiger partial charge < -0.3 is 24.8 Å². The summed E-state index contributed by atoms with van der Waals surface area (Å²) < 4.78 is 23.8. The van der Waals surface area contributed by atoms with Crippen LogP contribution >= 0.6 is 31.7 Å². The maximum absolute atomic E-state index is 11.9. The summed E-state index contributed by atoms with van der Waals surface area (Å²) in [5.74, 6) is -0.821. The van der Waals surface area contributed by atoms with Crippen molar-refractivity contribution in [3.8, 4) is 0 Å². The molecule has 0 radical (unpaired) electrons. The molecule has 2 heterocycles. The van der Waals surface area contributed by atoms with E-state index in [0.717, 1.165) is 101 Å². The molecule has 79 heavy (non-hydrogen) atoms. The van der Waals surface area contributed by atoms with Gasteiger partial charge in [0.25, 0.3) is 0 Å². The van der Waals surface area contributed by atoms with Crippen LogP contribution < -0.4 is 46.0 Å². The number of hydrogen-bond donors (Lipinski definition) is 0. The molecule has 9 aromatic carbocycles. The second-order valence-corrected chi connectivity index (χ2v) is 28.0. The van der Waals surface area contributed by atoms with Gasteiger partial charge in [-0.05, 0) is 99.4 Å². The van der Waals surface area contributed by atoms with Crippen LogP contribution in [0.1, 0.15) is 22.3 Å². The van der Waals surface area contributed by atoms with Gasteiger partial charge in [-0.3, -0.25) is 19.6 Å². The van der Waals surface area contributed by atoms with Crippen LogP contribution in [0.3, 0.4) is 0 Å². The van der Waals surface area contributed by atoms with Crippen LogP contribution in [-0.4, -0.2) is 69.9 Å². The van der Waals surface area contributed by atoms with Gasteiger partial charge in [0.2, 0.25) is 0 Å². The average molecular weight is 1210 g/mol. The molecule has 11 rings (SSSR count). The Balaban J connectivity index is 0.000000216. The van der Waals surface area contributed by atoms with Crippen molar-refractivity contribution < 1.29 is 50.7 Å². The molecule has 408 valence electrons. The first-order valence-corrected chi connectivity index (χ1v) is 33.0. The quantitative estimate of drug-likeness (QED) is 0.0897. The Hall–Kier alpha value is -4.50. The molecule has 9 aromatic rings. The van der Waals surface area contributed by atoms with Crippen molar-refractivity contribution in [3.63, 3.8) is 0 Å². The number of rotatable bonds is 12. The summed E-state index contributed by atoms with van der Waals surface area (Å²) in [5.41, 5.74) is 5.65. The normalized spacial score (nSPS) is 18.1. The zero-order chi connectivity index (χ0) is 52.0. The van der Waals surface area contributed by atoms with Crippen molar-refractivity contribution in [1.82, 2.24) is 19.6 Å². The van der Waals surface area contributed by atoms with E-state index in [2.05, 4.69) is 262 Å². The van der Waals surface area contributed by atoms with E-state index in [1.54, 1.807) is 0 Å². The predicted molar refractivity (Wildman–Crippen MR) is 325 cm³/mol. The van der Waals surface area contributed by atoms with E-state index in [1.165, 1.54) is 43.5 Å². The van der Waals surface area contributed by atoms with Gasteiger partial charge in [-0.1, -0.05) is 243 Å². The van der Waals surface area contributed by atoms with Gasteiger partial charge >= 0.3 is 17.1 Å². The molecule has 0 atom stereocenters. The molecule has 0 spiro atoms. The molecular formula is C66H68Cl2F2FeN4P4. The second-order valence-electron chi connectivity index (χ2n) is 19.3. The Bertz CT molecular complexity index is 2600. The summed E-state index contributed by atoms with van der Waals surface area (Å²) in [6.45, 7) is 4.10. The summed E-state index contributed by atoms with van der Waals surface area (Å²) in [6.07, 6.45) is 9.15. The monoisotopic (exact) mass is 1200 g/mol. The Kier molecular flexibility index (Phi) is 28.0. The van der Waals surface area contributed by atoms with Crippen LogP contribution in [0.15, 0.2) is 267 Å². The van der Waals surface area contributed by atoms with Gasteiger partial charge in [0.1, 0.15) is 11.6 Å². The minimum absolute atomic E-state index is 0. The van der Waals surface area contributed by atoms with Gasteiger partial charge in [-0.25, -0.2) is 8.78 Å². The Labute approximate surface area is 497 Å². The average Bonchev–Trinajstić information content (AvgIpc) is 3.48. The molecule has 0 aliphatic carbocycles. The number of halogens is 4. The van der Waals surface area contributed by atoms with E-state index in [-0.39, 0.29) is 73.6 Å².